The van der Waals surface area contributed by atoms with Crippen molar-refractivity contribution in [3.63, 3.8) is 0 Å². The lowest BCUT2D eigenvalue weighted by molar-refractivity contribution is -0.130. The molecule has 1 fully saturated rings. The topological polar surface area (TPSA) is 49.9 Å². The number of carbonyl (C=O) groups excluding carboxylic acids is 2. The lowest BCUT2D eigenvalue weighted by atomic mass is 10.0. The fourth-order valence-electron chi connectivity index (χ4n) is 2.54. The number of rotatable bonds is 4. The summed E-state index contributed by atoms with van der Waals surface area (Å²) in [4.78, 5) is 27.0. The maximum absolute atomic E-state index is 12.0. The summed E-state index contributed by atoms with van der Waals surface area (Å²) < 4.78 is 5.32. The van der Waals surface area contributed by atoms with Crippen LogP contribution in [-0.4, -0.2) is 53.9 Å². The Morgan fingerprint density at radius 1 is 1.27 bits per heavy atom. The summed E-state index contributed by atoms with van der Waals surface area (Å²) >= 11 is 5.57. The van der Waals surface area contributed by atoms with Crippen molar-refractivity contribution in [1.82, 2.24) is 9.80 Å². The molecule has 0 aliphatic carbocycles. The highest BCUT2D eigenvalue weighted by molar-refractivity contribution is 6.27. The van der Waals surface area contributed by atoms with Crippen LogP contribution in [0.2, 0.25) is 0 Å². The van der Waals surface area contributed by atoms with Crippen LogP contribution in [0, 0.1) is 0 Å². The van der Waals surface area contributed by atoms with Gasteiger partial charge in [-0.25, -0.2) is 4.79 Å². The first-order valence-corrected chi connectivity index (χ1v) is 7.92. The van der Waals surface area contributed by atoms with Gasteiger partial charge in [-0.15, -0.1) is 11.6 Å². The van der Waals surface area contributed by atoms with Crippen LogP contribution in [-0.2, 0) is 16.1 Å². The van der Waals surface area contributed by atoms with Gasteiger partial charge in [0.05, 0.1) is 0 Å². The molecule has 0 unspecified atom stereocenters. The molecule has 0 bridgehead atoms. The van der Waals surface area contributed by atoms with E-state index in [0.29, 0.717) is 13.1 Å². The fraction of sp³-hybridized carbons (Fsp3) is 0.500. The number of likely N-dealkylation sites (tertiary alicyclic amines) is 1. The number of hydrogen-bond donors (Lipinski definition) is 0. The maximum atomic E-state index is 12.0. The second-order valence-corrected chi connectivity index (χ2v) is 5.66. The Kier molecular flexibility index (Phi) is 6.07. The minimum atomic E-state index is -0.298. The Morgan fingerprint density at radius 3 is 2.50 bits per heavy atom. The van der Waals surface area contributed by atoms with Gasteiger partial charge in [0.15, 0.2) is 0 Å². The molecule has 1 heterocycles. The van der Waals surface area contributed by atoms with Crippen molar-refractivity contribution in [2.24, 2.45) is 0 Å². The second-order valence-electron chi connectivity index (χ2n) is 5.40. The molecular formula is C16H21ClN2O3. The third-order valence-corrected chi connectivity index (χ3v) is 4.21. The molecule has 0 aromatic heterocycles. The van der Waals surface area contributed by atoms with Gasteiger partial charge in [0, 0.05) is 26.2 Å². The number of halogens is 1. The molecule has 1 aliphatic heterocycles. The minimum absolute atomic E-state index is 0.00414. The summed E-state index contributed by atoms with van der Waals surface area (Å²) in [6.45, 7) is 1.47. The van der Waals surface area contributed by atoms with E-state index < -0.39 is 0 Å². The first kappa shape index (κ1) is 16.6. The van der Waals surface area contributed by atoms with Crippen molar-refractivity contribution in [3.8, 4) is 0 Å². The number of alkyl halides is 1. The number of hydrogen-bond acceptors (Lipinski definition) is 3. The van der Waals surface area contributed by atoms with Gasteiger partial charge < -0.3 is 14.5 Å². The molecule has 5 nitrogen and oxygen atoms in total. The van der Waals surface area contributed by atoms with E-state index in [-0.39, 0.29) is 30.5 Å². The molecule has 120 valence electrons. The normalized spacial score (nSPS) is 15.5. The molecule has 0 saturated carbocycles. The lowest BCUT2D eigenvalue weighted by Crippen LogP contribution is -2.47. The summed E-state index contributed by atoms with van der Waals surface area (Å²) in [7, 11) is 1.76. The summed E-state index contributed by atoms with van der Waals surface area (Å²) in [6, 6.07) is 9.74. The zero-order valence-electron chi connectivity index (χ0n) is 12.7. The number of amides is 2. The van der Waals surface area contributed by atoms with Crippen LogP contribution in [0.4, 0.5) is 4.79 Å². The highest BCUT2D eigenvalue weighted by Crippen LogP contribution is 2.17. The SMILES string of the molecule is CN(C(=O)CCl)C1CCN(C(=O)OCc2ccccc2)CC1. The summed E-state index contributed by atoms with van der Waals surface area (Å²) in [6.07, 6.45) is 1.20. The third-order valence-electron chi connectivity index (χ3n) is 3.98. The second kappa shape index (κ2) is 8.03. The predicted molar refractivity (Wildman–Crippen MR) is 84.7 cm³/mol. The van der Waals surface area contributed by atoms with E-state index in [2.05, 4.69) is 0 Å². The molecule has 6 heteroatoms. The minimum Gasteiger partial charge on any atom is -0.445 e. The van der Waals surface area contributed by atoms with Gasteiger partial charge in [-0.1, -0.05) is 30.3 Å². The monoisotopic (exact) mass is 324 g/mol. The quantitative estimate of drug-likeness (QED) is 0.800. The molecule has 1 aromatic carbocycles. The van der Waals surface area contributed by atoms with Crippen molar-refractivity contribution in [2.45, 2.75) is 25.5 Å². The van der Waals surface area contributed by atoms with Crippen LogP contribution in [0.25, 0.3) is 0 Å². The van der Waals surface area contributed by atoms with Crippen molar-refractivity contribution in [3.05, 3.63) is 35.9 Å². The van der Waals surface area contributed by atoms with E-state index in [1.165, 1.54) is 0 Å². The van der Waals surface area contributed by atoms with Gasteiger partial charge in [0.25, 0.3) is 0 Å². The van der Waals surface area contributed by atoms with Crippen LogP contribution in [0.5, 0.6) is 0 Å². The molecule has 1 aromatic rings. The molecule has 0 radical (unpaired) electrons. The predicted octanol–water partition coefficient (Wildman–Crippen LogP) is 2.48. The zero-order valence-corrected chi connectivity index (χ0v) is 13.5. The fourth-order valence-corrected chi connectivity index (χ4v) is 2.73. The Hall–Kier alpha value is -1.75. The summed E-state index contributed by atoms with van der Waals surface area (Å²) in [5.41, 5.74) is 0.971. The van der Waals surface area contributed by atoms with Crippen molar-refractivity contribution in [2.75, 3.05) is 26.0 Å². The molecule has 22 heavy (non-hydrogen) atoms. The molecule has 0 spiro atoms. The number of carbonyl (C=O) groups is 2. The number of nitrogens with zero attached hydrogens (tertiary/aromatic N) is 2. The van der Waals surface area contributed by atoms with Gasteiger partial charge in [-0.05, 0) is 18.4 Å². The standard InChI is InChI=1S/C16H21ClN2O3/c1-18(15(20)11-17)14-7-9-19(10-8-14)16(21)22-12-13-5-3-2-4-6-13/h2-6,14H,7-12H2,1H3. The molecule has 2 amide bonds. The van der Waals surface area contributed by atoms with E-state index in [1.54, 1.807) is 16.8 Å². The van der Waals surface area contributed by atoms with Gasteiger partial charge in [-0.3, -0.25) is 4.79 Å². The molecule has 0 N–H and O–H groups in total. The highest BCUT2D eigenvalue weighted by atomic mass is 35.5. The average Bonchev–Trinajstić information content (AvgIpc) is 2.59. The van der Waals surface area contributed by atoms with Crippen LogP contribution in [0.3, 0.4) is 0 Å². The van der Waals surface area contributed by atoms with Crippen LogP contribution >= 0.6 is 11.6 Å². The maximum Gasteiger partial charge on any atom is 0.410 e. The van der Waals surface area contributed by atoms with Crippen molar-refractivity contribution in [1.29, 1.82) is 0 Å². The molecule has 1 aliphatic rings. The number of piperidine rings is 1. The van der Waals surface area contributed by atoms with Gasteiger partial charge >= 0.3 is 6.09 Å². The first-order valence-electron chi connectivity index (χ1n) is 7.39. The molecule has 0 atom stereocenters. The van der Waals surface area contributed by atoms with E-state index in [0.717, 1.165) is 18.4 Å². The van der Waals surface area contributed by atoms with E-state index >= 15 is 0 Å². The van der Waals surface area contributed by atoms with Gasteiger partial charge in [0.2, 0.25) is 5.91 Å². The van der Waals surface area contributed by atoms with Crippen LogP contribution in [0.1, 0.15) is 18.4 Å². The summed E-state index contributed by atoms with van der Waals surface area (Å²) in [5, 5.41) is 0. The molecular weight excluding hydrogens is 304 g/mol. The highest BCUT2D eigenvalue weighted by Gasteiger charge is 2.27. The van der Waals surface area contributed by atoms with Crippen molar-refractivity contribution >= 4 is 23.6 Å². The first-order chi connectivity index (χ1) is 10.6. The largest absolute Gasteiger partial charge is 0.445 e. The molecule has 1 saturated heterocycles. The van der Waals surface area contributed by atoms with E-state index in [9.17, 15) is 9.59 Å². The molecule has 2 rings (SSSR count). The van der Waals surface area contributed by atoms with Crippen molar-refractivity contribution < 1.29 is 14.3 Å². The van der Waals surface area contributed by atoms with Gasteiger partial charge in [0.1, 0.15) is 12.5 Å². The smallest absolute Gasteiger partial charge is 0.410 e. The Labute approximate surface area is 135 Å². The average molecular weight is 325 g/mol. The number of ether oxygens (including phenoxy) is 1. The number of benzene rings is 1. The Balaban J connectivity index is 1.76. The van der Waals surface area contributed by atoms with Crippen LogP contribution in [0.15, 0.2) is 30.3 Å². The summed E-state index contributed by atoms with van der Waals surface area (Å²) in [5.74, 6) is -0.0812. The Morgan fingerprint density at radius 2 is 1.91 bits per heavy atom. The van der Waals surface area contributed by atoms with Crippen LogP contribution < -0.4 is 0 Å². The lowest BCUT2D eigenvalue weighted by Gasteiger charge is -2.36. The van der Waals surface area contributed by atoms with Gasteiger partial charge in [-0.2, -0.15) is 0 Å². The zero-order chi connectivity index (χ0) is 15.9. The third kappa shape index (κ3) is 4.37. The van der Waals surface area contributed by atoms with E-state index in [1.807, 2.05) is 30.3 Å². The van der Waals surface area contributed by atoms with E-state index in [4.69, 9.17) is 16.3 Å². The Bertz CT molecular complexity index is 501.